The molecule has 4 atom stereocenters. The van der Waals surface area contributed by atoms with Crippen LogP contribution in [0.3, 0.4) is 0 Å². The van der Waals surface area contributed by atoms with Crippen LogP contribution >= 0.6 is 0 Å². The molecule has 0 bridgehead atoms. The lowest BCUT2D eigenvalue weighted by Crippen LogP contribution is -2.33. The molecular weight excluding hydrogens is 294 g/mol. The normalized spacial score (nSPS) is 28.4. The van der Waals surface area contributed by atoms with Crippen molar-refractivity contribution in [2.75, 3.05) is 24.4 Å². The van der Waals surface area contributed by atoms with Gasteiger partial charge in [-0.1, -0.05) is 0 Å². The third-order valence-electron chi connectivity index (χ3n) is 3.55. The molecule has 22 heavy (non-hydrogen) atoms. The molecule has 4 unspecified atom stereocenters. The maximum Gasteiger partial charge on any atom is 0.224 e. The summed E-state index contributed by atoms with van der Waals surface area (Å²) >= 11 is 0. The van der Waals surface area contributed by atoms with E-state index in [4.69, 9.17) is 21.4 Å². The summed E-state index contributed by atoms with van der Waals surface area (Å²) < 4.78 is 6.88. The highest BCUT2D eigenvalue weighted by Crippen LogP contribution is 2.32. The molecule has 0 aromatic carbocycles. The van der Waals surface area contributed by atoms with Crippen molar-refractivity contribution in [2.24, 2.45) is 5.84 Å². The molecule has 11 heteroatoms. The van der Waals surface area contributed by atoms with Gasteiger partial charge in [-0.25, -0.2) is 10.8 Å². The van der Waals surface area contributed by atoms with Crippen molar-refractivity contribution in [1.82, 2.24) is 19.5 Å². The number of hydrogen-bond donors (Lipinski definition) is 5. The van der Waals surface area contributed by atoms with Crippen LogP contribution in [0.1, 0.15) is 6.23 Å². The lowest BCUT2D eigenvalue weighted by atomic mass is 10.1. The second-order valence-corrected chi connectivity index (χ2v) is 5.07. The molecule has 0 amide bonds. The van der Waals surface area contributed by atoms with Gasteiger partial charge in [0.05, 0.1) is 12.9 Å². The molecule has 11 nitrogen and oxygen atoms in total. The van der Waals surface area contributed by atoms with E-state index in [0.717, 1.165) is 0 Å². The van der Waals surface area contributed by atoms with Gasteiger partial charge in [-0.05, 0) is 0 Å². The summed E-state index contributed by atoms with van der Waals surface area (Å²) in [6, 6.07) is 0. The minimum Gasteiger partial charge on any atom is -0.394 e. The molecule has 120 valence electrons. The molecule has 7 N–H and O–H groups in total. The number of imidazole rings is 1. The Kier molecular flexibility index (Phi) is 3.58. The monoisotopic (exact) mass is 311 g/mol. The van der Waals surface area contributed by atoms with Crippen molar-refractivity contribution >= 4 is 22.9 Å². The zero-order valence-electron chi connectivity index (χ0n) is 11.7. The van der Waals surface area contributed by atoms with E-state index in [-0.39, 0.29) is 5.95 Å². The fourth-order valence-electron chi connectivity index (χ4n) is 2.46. The maximum absolute atomic E-state index is 10.1. The quantitative estimate of drug-likeness (QED) is 0.297. The number of aliphatic hydroxyl groups excluding tert-OH is 3. The number of hydrazine groups is 1. The Labute approximate surface area is 124 Å². The topological polar surface area (TPSA) is 169 Å². The molecule has 2 aromatic rings. The van der Waals surface area contributed by atoms with Crippen LogP contribution in [0.5, 0.6) is 0 Å². The molecule has 3 heterocycles. The Morgan fingerprint density at radius 3 is 2.68 bits per heavy atom. The summed E-state index contributed by atoms with van der Waals surface area (Å²) in [5, 5.41) is 30.3. The lowest BCUT2D eigenvalue weighted by Gasteiger charge is -2.17. The van der Waals surface area contributed by atoms with E-state index in [2.05, 4.69) is 15.0 Å². The van der Waals surface area contributed by atoms with Gasteiger partial charge in [-0.15, -0.1) is 0 Å². The molecule has 0 radical (unpaired) electrons. The number of aromatic nitrogens is 4. The first-order valence-corrected chi connectivity index (χ1v) is 6.55. The largest absolute Gasteiger partial charge is 0.394 e. The van der Waals surface area contributed by atoms with Gasteiger partial charge in [0.1, 0.15) is 18.3 Å². The summed E-state index contributed by atoms with van der Waals surface area (Å²) in [5.74, 6) is 5.98. The van der Waals surface area contributed by atoms with E-state index in [1.165, 1.54) is 15.9 Å². The number of fused-ring (bicyclic) bond motifs is 1. The molecule has 1 saturated heterocycles. The van der Waals surface area contributed by atoms with Gasteiger partial charge < -0.3 is 25.8 Å². The van der Waals surface area contributed by atoms with E-state index in [1.54, 1.807) is 7.05 Å². The number of anilines is 2. The van der Waals surface area contributed by atoms with Crippen molar-refractivity contribution in [1.29, 1.82) is 0 Å². The van der Waals surface area contributed by atoms with Crippen LogP contribution in [0, 0.1) is 0 Å². The SMILES string of the molecule is CN(N)c1nc(N)nc2c1ncn2C1OC(CO)C(O)C1O. The molecule has 2 aromatic heterocycles. The van der Waals surface area contributed by atoms with Crippen LogP contribution < -0.4 is 16.6 Å². The van der Waals surface area contributed by atoms with E-state index < -0.39 is 31.1 Å². The van der Waals surface area contributed by atoms with Gasteiger partial charge in [0, 0.05) is 7.05 Å². The number of hydrogen-bond acceptors (Lipinski definition) is 10. The van der Waals surface area contributed by atoms with Crippen molar-refractivity contribution in [3.8, 4) is 0 Å². The second-order valence-electron chi connectivity index (χ2n) is 5.07. The van der Waals surface area contributed by atoms with Crippen LogP contribution in [-0.4, -0.2) is 66.8 Å². The highest BCUT2D eigenvalue weighted by atomic mass is 16.6. The second kappa shape index (κ2) is 5.30. The van der Waals surface area contributed by atoms with Crippen LogP contribution in [0.4, 0.5) is 11.8 Å². The molecule has 1 aliphatic rings. The number of nitrogen functional groups attached to an aromatic ring is 1. The average molecular weight is 311 g/mol. The highest BCUT2D eigenvalue weighted by Gasteiger charge is 2.44. The van der Waals surface area contributed by atoms with Gasteiger partial charge in [0.25, 0.3) is 0 Å². The Morgan fingerprint density at radius 2 is 2.09 bits per heavy atom. The van der Waals surface area contributed by atoms with E-state index >= 15 is 0 Å². The summed E-state index contributed by atoms with van der Waals surface area (Å²) in [5.41, 5.74) is 6.34. The predicted octanol–water partition coefficient (Wildman–Crippen LogP) is -2.67. The van der Waals surface area contributed by atoms with Gasteiger partial charge in [0.2, 0.25) is 5.95 Å². The minimum atomic E-state index is -1.25. The fourth-order valence-corrected chi connectivity index (χ4v) is 2.46. The van der Waals surface area contributed by atoms with Gasteiger partial charge in [0.15, 0.2) is 23.2 Å². The average Bonchev–Trinajstić information content (AvgIpc) is 3.00. The molecular formula is C11H17N7O4. The van der Waals surface area contributed by atoms with E-state index in [0.29, 0.717) is 17.0 Å². The fraction of sp³-hybridized carbons (Fsp3) is 0.545. The first-order chi connectivity index (χ1) is 10.4. The first kappa shape index (κ1) is 14.9. The standard InChI is InChI=1S/C11H17N7O4/c1-17(13)8-5-9(16-11(12)15-8)18(3-14-5)10-7(21)6(20)4(2-19)22-10/h3-4,6-7,10,19-21H,2,13H2,1H3,(H2,12,15,16). The van der Waals surface area contributed by atoms with E-state index in [1.807, 2.05) is 0 Å². The smallest absolute Gasteiger partial charge is 0.224 e. The molecule has 0 saturated carbocycles. The zero-order chi connectivity index (χ0) is 16.0. The number of nitrogens with two attached hydrogens (primary N) is 2. The van der Waals surface area contributed by atoms with Gasteiger partial charge in [-0.2, -0.15) is 9.97 Å². The van der Waals surface area contributed by atoms with Gasteiger partial charge in [-0.3, -0.25) is 9.58 Å². The van der Waals surface area contributed by atoms with Crippen molar-refractivity contribution < 1.29 is 20.1 Å². The third-order valence-corrected chi connectivity index (χ3v) is 3.55. The Balaban J connectivity index is 2.09. The van der Waals surface area contributed by atoms with E-state index in [9.17, 15) is 10.2 Å². The molecule has 1 fully saturated rings. The molecule has 0 aliphatic carbocycles. The Bertz CT molecular complexity index is 690. The van der Waals surface area contributed by atoms with Crippen molar-refractivity contribution in [2.45, 2.75) is 24.5 Å². The van der Waals surface area contributed by atoms with Gasteiger partial charge >= 0.3 is 0 Å². The number of aliphatic hydroxyl groups is 3. The maximum atomic E-state index is 10.1. The Hall–Kier alpha value is -2.05. The summed E-state index contributed by atoms with van der Waals surface area (Å²) in [6.45, 7) is -0.421. The molecule has 0 spiro atoms. The molecule has 1 aliphatic heterocycles. The zero-order valence-corrected chi connectivity index (χ0v) is 11.7. The predicted molar refractivity (Wildman–Crippen MR) is 75.3 cm³/mol. The number of nitrogens with zero attached hydrogens (tertiary/aromatic N) is 5. The van der Waals surface area contributed by atoms with Crippen LogP contribution in [0.15, 0.2) is 6.33 Å². The minimum absolute atomic E-state index is 0.0201. The van der Waals surface area contributed by atoms with Crippen LogP contribution in [0.2, 0.25) is 0 Å². The summed E-state index contributed by atoms with van der Waals surface area (Å²) in [4.78, 5) is 12.2. The summed E-state index contributed by atoms with van der Waals surface area (Å²) in [7, 11) is 1.58. The summed E-state index contributed by atoms with van der Waals surface area (Å²) in [6.07, 6.45) is -2.93. The third kappa shape index (κ3) is 2.15. The molecule has 3 rings (SSSR count). The number of rotatable bonds is 3. The first-order valence-electron chi connectivity index (χ1n) is 6.55. The van der Waals surface area contributed by atoms with Crippen molar-refractivity contribution in [3.63, 3.8) is 0 Å². The van der Waals surface area contributed by atoms with Crippen molar-refractivity contribution in [3.05, 3.63) is 6.33 Å². The highest BCUT2D eigenvalue weighted by molar-refractivity contribution is 5.84. The lowest BCUT2D eigenvalue weighted by molar-refractivity contribution is -0.0511. The van der Waals surface area contributed by atoms with Crippen LogP contribution in [0.25, 0.3) is 11.2 Å². The van der Waals surface area contributed by atoms with Crippen LogP contribution in [-0.2, 0) is 4.74 Å². The Morgan fingerprint density at radius 1 is 1.36 bits per heavy atom. The number of ether oxygens (including phenoxy) is 1.